The normalized spacial score (nSPS) is 11.0. The lowest BCUT2D eigenvalue weighted by molar-refractivity contribution is -0.136. The quantitative estimate of drug-likeness (QED) is 0.339. The third kappa shape index (κ3) is 6.17. The van der Waals surface area contributed by atoms with E-state index < -0.39 is 5.97 Å². The number of aliphatic carboxylic acids is 1. The SMILES string of the molecule is CCCc1c(OCCCCCOc2ccccc2CCC(=O)O)ccc2c(O)coc12. The van der Waals surface area contributed by atoms with Crippen LogP contribution in [0.25, 0.3) is 11.0 Å². The summed E-state index contributed by atoms with van der Waals surface area (Å²) in [5.41, 5.74) is 2.63. The number of hydrogen-bond acceptors (Lipinski definition) is 5. The van der Waals surface area contributed by atoms with E-state index >= 15 is 0 Å². The number of aryl methyl sites for hydroxylation is 2. The van der Waals surface area contributed by atoms with Crippen LogP contribution in [0, 0.1) is 0 Å². The lowest BCUT2D eigenvalue weighted by Gasteiger charge is -2.12. The molecule has 0 radical (unpaired) electrons. The smallest absolute Gasteiger partial charge is 0.303 e. The molecular weight excluding hydrogens is 396 g/mol. The molecule has 31 heavy (non-hydrogen) atoms. The Morgan fingerprint density at radius 3 is 2.45 bits per heavy atom. The summed E-state index contributed by atoms with van der Waals surface area (Å²) in [5.74, 6) is 0.926. The largest absolute Gasteiger partial charge is 0.504 e. The zero-order valence-electron chi connectivity index (χ0n) is 17.9. The van der Waals surface area contributed by atoms with Gasteiger partial charge in [-0.25, -0.2) is 0 Å². The monoisotopic (exact) mass is 426 g/mol. The number of para-hydroxylation sites is 1. The van der Waals surface area contributed by atoms with Gasteiger partial charge in [0.2, 0.25) is 0 Å². The molecule has 166 valence electrons. The Balaban J connectivity index is 1.42. The van der Waals surface area contributed by atoms with Crippen molar-refractivity contribution in [1.29, 1.82) is 0 Å². The first-order valence-electron chi connectivity index (χ1n) is 10.9. The van der Waals surface area contributed by atoms with E-state index in [0.29, 0.717) is 25.2 Å². The molecule has 0 aliphatic carbocycles. The highest BCUT2D eigenvalue weighted by Crippen LogP contribution is 2.35. The fourth-order valence-corrected chi connectivity index (χ4v) is 3.58. The Morgan fingerprint density at radius 1 is 0.968 bits per heavy atom. The molecule has 0 amide bonds. The molecule has 0 fully saturated rings. The third-order valence-corrected chi connectivity index (χ3v) is 5.17. The average Bonchev–Trinajstić information content (AvgIpc) is 3.14. The zero-order valence-corrected chi connectivity index (χ0v) is 17.9. The summed E-state index contributed by atoms with van der Waals surface area (Å²) in [6.45, 7) is 3.29. The van der Waals surface area contributed by atoms with Gasteiger partial charge in [-0.3, -0.25) is 4.79 Å². The Bertz CT molecular complexity index is 991. The van der Waals surface area contributed by atoms with E-state index in [1.807, 2.05) is 36.4 Å². The zero-order chi connectivity index (χ0) is 22.1. The van der Waals surface area contributed by atoms with Crippen molar-refractivity contribution in [2.24, 2.45) is 0 Å². The van der Waals surface area contributed by atoms with Gasteiger partial charge in [-0.05, 0) is 55.9 Å². The van der Waals surface area contributed by atoms with Crippen LogP contribution in [-0.4, -0.2) is 29.4 Å². The summed E-state index contributed by atoms with van der Waals surface area (Å²) < 4.78 is 17.4. The predicted octanol–water partition coefficient (Wildman–Crippen LogP) is 5.74. The van der Waals surface area contributed by atoms with E-state index in [-0.39, 0.29) is 12.2 Å². The highest BCUT2D eigenvalue weighted by atomic mass is 16.5. The number of carboxylic acid groups (broad SMARTS) is 1. The number of furan rings is 1. The second kappa shape index (κ2) is 11.3. The van der Waals surface area contributed by atoms with Crippen LogP contribution in [0.15, 0.2) is 47.1 Å². The molecule has 1 heterocycles. The van der Waals surface area contributed by atoms with Crippen LogP contribution in [0.4, 0.5) is 0 Å². The molecule has 0 spiro atoms. The predicted molar refractivity (Wildman–Crippen MR) is 119 cm³/mol. The van der Waals surface area contributed by atoms with Crippen molar-refractivity contribution in [1.82, 2.24) is 0 Å². The minimum atomic E-state index is -0.806. The molecule has 3 rings (SSSR count). The molecule has 0 atom stereocenters. The van der Waals surface area contributed by atoms with Crippen LogP contribution in [-0.2, 0) is 17.6 Å². The summed E-state index contributed by atoms with van der Waals surface area (Å²) in [5, 5.41) is 19.5. The molecule has 0 aliphatic rings. The highest BCUT2D eigenvalue weighted by Gasteiger charge is 2.14. The number of fused-ring (bicyclic) bond motifs is 1. The van der Waals surface area contributed by atoms with Gasteiger partial charge < -0.3 is 24.1 Å². The number of carbonyl (C=O) groups is 1. The number of ether oxygens (including phenoxy) is 2. The van der Waals surface area contributed by atoms with Crippen LogP contribution < -0.4 is 9.47 Å². The summed E-state index contributed by atoms with van der Waals surface area (Å²) in [7, 11) is 0. The number of rotatable bonds is 13. The Hall–Kier alpha value is -3.15. The van der Waals surface area contributed by atoms with Crippen molar-refractivity contribution in [2.75, 3.05) is 13.2 Å². The fourth-order valence-electron chi connectivity index (χ4n) is 3.58. The highest BCUT2D eigenvalue weighted by molar-refractivity contribution is 5.88. The van der Waals surface area contributed by atoms with Gasteiger partial charge in [0.1, 0.15) is 23.3 Å². The Kier molecular flexibility index (Phi) is 8.21. The van der Waals surface area contributed by atoms with Gasteiger partial charge in [0.15, 0.2) is 5.75 Å². The lowest BCUT2D eigenvalue weighted by Crippen LogP contribution is -2.04. The molecule has 1 aromatic heterocycles. The van der Waals surface area contributed by atoms with Crippen molar-refractivity contribution < 1.29 is 28.9 Å². The molecular formula is C25H30O6. The molecule has 0 unspecified atom stereocenters. The molecule has 6 nitrogen and oxygen atoms in total. The second-order valence-corrected chi connectivity index (χ2v) is 7.55. The van der Waals surface area contributed by atoms with E-state index in [0.717, 1.165) is 60.1 Å². The average molecular weight is 427 g/mol. The summed E-state index contributed by atoms with van der Waals surface area (Å²) >= 11 is 0. The van der Waals surface area contributed by atoms with Crippen molar-refractivity contribution in [3.05, 3.63) is 53.8 Å². The van der Waals surface area contributed by atoms with Crippen molar-refractivity contribution in [3.8, 4) is 17.2 Å². The first-order valence-corrected chi connectivity index (χ1v) is 10.9. The molecule has 6 heteroatoms. The lowest BCUT2D eigenvalue weighted by atomic mass is 10.1. The Labute approximate surface area is 182 Å². The number of hydrogen-bond donors (Lipinski definition) is 2. The maximum Gasteiger partial charge on any atom is 0.303 e. The van der Waals surface area contributed by atoms with Crippen LogP contribution >= 0.6 is 0 Å². The van der Waals surface area contributed by atoms with E-state index in [2.05, 4.69) is 6.92 Å². The summed E-state index contributed by atoms with van der Waals surface area (Å²) in [6, 6.07) is 11.3. The fraction of sp³-hybridized carbons (Fsp3) is 0.400. The minimum Gasteiger partial charge on any atom is -0.504 e. The first kappa shape index (κ1) is 22.5. The van der Waals surface area contributed by atoms with Crippen molar-refractivity contribution in [2.45, 2.75) is 51.9 Å². The summed E-state index contributed by atoms with van der Waals surface area (Å²) in [6.07, 6.45) is 6.48. The van der Waals surface area contributed by atoms with Crippen LogP contribution in [0.5, 0.6) is 17.2 Å². The van der Waals surface area contributed by atoms with Gasteiger partial charge >= 0.3 is 5.97 Å². The molecule has 0 aliphatic heterocycles. The topological polar surface area (TPSA) is 89.1 Å². The van der Waals surface area contributed by atoms with Crippen LogP contribution in [0.3, 0.4) is 0 Å². The first-order chi connectivity index (χ1) is 15.1. The van der Waals surface area contributed by atoms with Crippen LogP contribution in [0.2, 0.25) is 0 Å². The molecule has 2 N–H and O–H groups in total. The molecule has 0 saturated heterocycles. The minimum absolute atomic E-state index is 0.0984. The number of unbranched alkanes of at least 4 members (excludes halogenated alkanes) is 2. The van der Waals surface area contributed by atoms with Crippen LogP contribution in [0.1, 0.15) is 50.2 Å². The van der Waals surface area contributed by atoms with Gasteiger partial charge in [-0.1, -0.05) is 31.5 Å². The standard InChI is InChI=1S/C25H30O6/c1-2-8-20-23(13-12-19-21(26)17-31-25(19)20)30-16-7-3-6-15-29-22-10-5-4-9-18(22)11-14-24(27)28/h4-5,9-10,12-13,17,26H,2-3,6-8,11,14-16H2,1H3,(H,27,28). The molecule has 0 saturated carbocycles. The number of carboxylic acids is 1. The molecule has 0 bridgehead atoms. The molecule has 3 aromatic rings. The number of benzene rings is 2. The van der Waals surface area contributed by atoms with E-state index in [1.54, 1.807) is 0 Å². The maximum atomic E-state index is 10.8. The van der Waals surface area contributed by atoms with Gasteiger partial charge in [-0.2, -0.15) is 0 Å². The van der Waals surface area contributed by atoms with Gasteiger partial charge in [-0.15, -0.1) is 0 Å². The van der Waals surface area contributed by atoms with E-state index in [1.165, 1.54) is 6.26 Å². The van der Waals surface area contributed by atoms with Gasteiger partial charge in [0, 0.05) is 12.0 Å². The third-order valence-electron chi connectivity index (χ3n) is 5.17. The summed E-state index contributed by atoms with van der Waals surface area (Å²) in [4.78, 5) is 10.8. The van der Waals surface area contributed by atoms with E-state index in [4.69, 9.17) is 19.0 Å². The van der Waals surface area contributed by atoms with E-state index in [9.17, 15) is 9.90 Å². The van der Waals surface area contributed by atoms with Crippen molar-refractivity contribution >= 4 is 16.9 Å². The van der Waals surface area contributed by atoms with Gasteiger partial charge in [0.25, 0.3) is 0 Å². The van der Waals surface area contributed by atoms with Crippen molar-refractivity contribution in [3.63, 3.8) is 0 Å². The molecule has 2 aromatic carbocycles. The Morgan fingerprint density at radius 2 is 1.71 bits per heavy atom. The maximum absolute atomic E-state index is 10.8. The number of aromatic hydroxyl groups is 1. The van der Waals surface area contributed by atoms with Gasteiger partial charge in [0.05, 0.1) is 18.6 Å². The second-order valence-electron chi connectivity index (χ2n) is 7.55.